The molecular weight excluding hydrogens is 543 g/mol. The maximum Gasteiger partial charge on any atom is 0.416 e. The lowest BCUT2D eigenvalue weighted by Gasteiger charge is -2.33. The summed E-state index contributed by atoms with van der Waals surface area (Å²) in [6.07, 6.45) is -3.82. The molecule has 2 amide bonds. The Morgan fingerprint density at radius 1 is 0.900 bits per heavy atom. The van der Waals surface area contributed by atoms with Crippen LogP contribution in [0.1, 0.15) is 37.8 Å². The smallest absolute Gasteiger partial charge is 0.354 e. The fraction of sp³-hybridized carbons (Fsp3) is 0.310. The second-order valence-corrected chi connectivity index (χ2v) is 11.0. The normalized spacial score (nSPS) is 12.4. The number of benzene rings is 3. The molecule has 0 spiro atoms. The molecule has 1 atom stereocenters. The number of halogens is 3. The molecule has 3 aromatic rings. The van der Waals surface area contributed by atoms with Crippen molar-refractivity contribution in [3.63, 3.8) is 0 Å². The molecular formula is C29H32F3N3O4S. The largest absolute Gasteiger partial charge is 0.416 e. The zero-order chi connectivity index (χ0) is 29.3. The Bertz CT molecular complexity index is 1380. The van der Waals surface area contributed by atoms with E-state index in [4.69, 9.17) is 0 Å². The highest BCUT2D eigenvalue weighted by Crippen LogP contribution is 2.33. The molecule has 0 aliphatic rings. The second kappa shape index (κ2) is 13.5. The quantitative estimate of drug-likeness (QED) is 0.320. The van der Waals surface area contributed by atoms with Crippen molar-refractivity contribution in [3.8, 4) is 0 Å². The molecule has 0 fully saturated rings. The second-order valence-electron chi connectivity index (χ2n) is 9.10. The van der Waals surface area contributed by atoms with Crippen LogP contribution in [0, 0.1) is 0 Å². The van der Waals surface area contributed by atoms with E-state index in [0.29, 0.717) is 28.9 Å². The summed E-state index contributed by atoms with van der Waals surface area (Å²) in [7, 11) is -4.47. The molecule has 0 aliphatic carbocycles. The molecule has 0 bridgehead atoms. The Hall–Kier alpha value is -3.86. The highest BCUT2D eigenvalue weighted by atomic mass is 32.2. The van der Waals surface area contributed by atoms with E-state index in [9.17, 15) is 31.2 Å². The van der Waals surface area contributed by atoms with E-state index in [-0.39, 0.29) is 23.5 Å². The van der Waals surface area contributed by atoms with Crippen LogP contribution in [0.15, 0.2) is 89.8 Å². The topological polar surface area (TPSA) is 86.8 Å². The Morgan fingerprint density at radius 3 is 2.10 bits per heavy atom. The minimum absolute atomic E-state index is 0.000456. The lowest BCUT2D eigenvalue weighted by Crippen LogP contribution is -2.52. The molecule has 214 valence electrons. The molecule has 0 aromatic heterocycles. The number of hydrogen-bond donors (Lipinski definition) is 1. The first-order valence-electron chi connectivity index (χ1n) is 12.8. The third-order valence-electron chi connectivity index (χ3n) is 6.20. The summed E-state index contributed by atoms with van der Waals surface area (Å²) >= 11 is 0. The molecule has 3 aromatic carbocycles. The first-order valence-corrected chi connectivity index (χ1v) is 14.3. The van der Waals surface area contributed by atoms with Gasteiger partial charge in [-0.3, -0.25) is 13.9 Å². The Morgan fingerprint density at radius 2 is 1.52 bits per heavy atom. The van der Waals surface area contributed by atoms with E-state index >= 15 is 0 Å². The monoisotopic (exact) mass is 575 g/mol. The van der Waals surface area contributed by atoms with Crippen LogP contribution in [0.5, 0.6) is 0 Å². The molecule has 0 radical (unpaired) electrons. The molecule has 0 heterocycles. The minimum atomic E-state index is -4.73. The van der Waals surface area contributed by atoms with Gasteiger partial charge in [0.15, 0.2) is 0 Å². The molecule has 0 unspecified atom stereocenters. The van der Waals surface area contributed by atoms with Gasteiger partial charge in [0.25, 0.3) is 10.0 Å². The number of nitrogens with one attached hydrogen (secondary N) is 1. The SMILES string of the molecule is CCCNC(=O)[C@H](CC)N(Cc1ccccc1)C(=O)CN(c1cccc(C(F)(F)F)c1)S(=O)(=O)c1ccccc1. The minimum Gasteiger partial charge on any atom is -0.354 e. The number of carbonyl (C=O) groups excluding carboxylic acids is 2. The van der Waals surface area contributed by atoms with Gasteiger partial charge in [-0.1, -0.05) is 68.4 Å². The van der Waals surface area contributed by atoms with Crippen LogP contribution in [-0.4, -0.2) is 44.3 Å². The first kappa shape index (κ1) is 30.7. The molecule has 40 heavy (non-hydrogen) atoms. The summed E-state index contributed by atoms with van der Waals surface area (Å²) in [6, 6.07) is 18.9. The van der Waals surface area contributed by atoms with Gasteiger partial charge < -0.3 is 10.2 Å². The fourth-order valence-electron chi connectivity index (χ4n) is 4.15. The van der Waals surface area contributed by atoms with Crippen molar-refractivity contribution in [1.29, 1.82) is 0 Å². The van der Waals surface area contributed by atoms with Gasteiger partial charge in [-0.25, -0.2) is 8.42 Å². The van der Waals surface area contributed by atoms with Gasteiger partial charge in [-0.05, 0) is 48.7 Å². The van der Waals surface area contributed by atoms with Gasteiger partial charge in [0.05, 0.1) is 16.1 Å². The molecule has 0 aliphatic heterocycles. The number of hydrogen-bond acceptors (Lipinski definition) is 4. The zero-order valence-electron chi connectivity index (χ0n) is 22.3. The third kappa shape index (κ3) is 7.62. The summed E-state index contributed by atoms with van der Waals surface area (Å²) in [4.78, 5) is 28.0. The van der Waals surface area contributed by atoms with Crippen LogP contribution in [0.4, 0.5) is 18.9 Å². The van der Waals surface area contributed by atoms with Gasteiger partial charge in [0.2, 0.25) is 11.8 Å². The average molecular weight is 576 g/mol. The third-order valence-corrected chi connectivity index (χ3v) is 7.99. The van der Waals surface area contributed by atoms with Gasteiger partial charge in [-0.15, -0.1) is 0 Å². The zero-order valence-corrected chi connectivity index (χ0v) is 23.1. The summed E-state index contributed by atoms with van der Waals surface area (Å²) < 4.78 is 68.7. The molecule has 0 saturated heterocycles. The lowest BCUT2D eigenvalue weighted by atomic mass is 10.1. The number of sulfonamides is 1. The van der Waals surface area contributed by atoms with Crippen molar-refractivity contribution in [1.82, 2.24) is 10.2 Å². The van der Waals surface area contributed by atoms with E-state index in [1.54, 1.807) is 43.3 Å². The number of rotatable bonds is 12. The van der Waals surface area contributed by atoms with Crippen LogP contribution in [-0.2, 0) is 32.3 Å². The Labute approximate surface area is 232 Å². The van der Waals surface area contributed by atoms with Crippen LogP contribution in [0.3, 0.4) is 0 Å². The van der Waals surface area contributed by atoms with Crippen LogP contribution >= 0.6 is 0 Å². The Balaban J connectivity index is 2.08. The van der Waals surface area contributed by atoms with Crippen molar-refractivity contribution in [2.75, 3.05) is 17.4 Å². The number of nitrogens with zero attached hydrogens (tertiary/aromatic N) is 2. The van der Waals surface area contributed by atoms with Crippen molar-refractivity contribution >= 4 is 27.5 Å². The van der Waals surface area contributed by atoms with Gasteiger partial charge in [0.1, 0.15) is 12.6 Å². The maximum atomic E-state index is 13.9. The van der Waals surface area contributed by atoms with E-state index < -0.39 is 46.2 Å². The summed E-state index contributed by atoms with van der Waals surface area (Å²) in [5, 5.41) is 2.78. The van der Waals surface area contributed by atoms with Gasteiger partial charge in [-0.2, -0.15) is 13.2 Å². The summed E-state index contributed by atoms with van der Waals surface area (Å²) in [5.74, 6) is -1.13. The van der Waals surface area contributed by atoms with Crippen molar-refractivity contribution in [2.24, 2.45) is 0 Å². The standard InChI is InChI=1S/C29H32F3N3O4S/c1-3-18-33-28(37)26(4-2)34(20-22-12-7-5-8-13-22)27(36)21-35(40(38,39)25-16-9-6-10-17-25)24-15-11-14-23(19-24)29(30,31)32/h5-17,19,26H,3-4,18,20-21H2,1-2H3,(H,33,37)/t26-/m0/s1. The number of alkyl halides is 3. The average Bonchev–Trinajstić information content (AvgIpc) is 2.95. The summed E-state index contributed by atoms with van der Waals surface area (Å²) in [5.41, 5.74) is -0.679. The van der Waals surface area contributed by atoms with Crippen molar-refractivity contribution in [2.45, 2.75) is 50.3 Å². The van der Waals surface area contributed by atoms with Gasteiger partial charge >= 0.3 is 6.18 Å². The number of anilines is 1. The molecule has 1 N–H and O–H groups in total. The van der Waals surface area contributed by atoms with Crippen LogP contribution < -0.4 is 9.62 Å². The van der Waals surface area contributed by atoms with E-state index in [1.165, 1.54) is 35.2 Å². The highest BCUT2D eigenvalue weighted by molar-refractivity contribution is 7.92. The van der Waals surface area contributed by atoms with Crippen LogP contribution in [0.25, 0.3) is 0 Å². The molecule has 3 rings (SSSR count). The van der Waals surface area contributed by atoms with E-state index in [1.807, 2.05) is 6.92 Å². The van der Waals surface area contributed by atoms with Crippen molar-refractivity contribution in [3.05, 3.63) is 96.1 Å². The maximum absolute atomic E-state index is 13.9. The predicted molar refractivity (Wildman–Crippen MR) is 147 cm³/mol. The highest BCUT2D eigenvalue weighted by Gasteiger charge is 2.35. The molecule has 11 heteroatoms. The number of carbonyl (C=O) groups is 2. The van der Waals surface area contributed by atoms with Crippen LogP contribution in [0.2, 0.25) is 0 Å². The van der Waals surface area contributed by atoms with Crippen molar-refractivity contribution < 1.29 is 31.2 Å². The lowest BCUT2D eigenvalue weighted by molar-refractivity contribution is -0.140. The first-order chi connectivity index (χ1) is 19.0. The number of amides is 2. The van der Waals surface area contributed by atoms with Gasteiger partial charge in [0, 0.05) is 13.1 Å². The van der Waals surface area contributed by atoms with E-state index in [0.717, 1.165) is 12.1 Å². The fourth-order valence-corrected chi connectivity index (χ4v) is 5.58. The molecule has 7 nitrogen and oxygen atoms in total. The summed E-state index contributed by atoms with van der Waals surface area (Å²) in [6.45, 7) is 3.19. The Kier molecular flexibility index (Phi) is 10.3. The van der Waals surface area contributed by atoms with E-state index in [2.05, 4.69) is 5.32 Å². The molecule has 0 saturated carbocycles. The predicted octanol–water partition coefficient (Wildman–Crippen LogP) is 5.23.